The molecule has 102 valence electrons. The molecule has 0 saturated heterocycles. The maximum absolute atomic E-state index is 11.5. The third-order valence-corrected chi connectivity index (χ3v) is 3.64. The fourth-order valence-electron chi connectivity index (χ4n) is 1.33. The van der Waals surface area contributed by atoms with E-state index in [0.717, 1.165) is 0 Å². The fourth-order valence-corrected chi connectivity index (χ4v) is 1.95. The van der Waals surface area contributed by atoms with Crippen LogP contribution in [0.5, 0.6) is 5.75 Å². The van der Waals surface area contributed by atoms with Crippen molar-refractivity contribution in [3.63, 3.8) is 0 Å². The molecule has 6 heteroatoms. The lowest BCUT2D eigenvalue weighted by atomic mass is 10.2. The van der Waals surface area contributed by atoms with Crippen LogP contribution in [-0.4, -0.2) is 34.8 Å². The van der Waals surface area contributed by atoms with Crippen molar-refractivity contribution in [2.45, 2.75) is 6.92 Å². The Hall–Kier alpha value is -1.87. The molecule has 0 aromatic heterocycles. The van der Waals surface area contributed by atoms with E-state index in [1.807, 2.05) is 13.0 Å². The zero-order chi connectivity index (χ0) is 14.1. The SMILES string of the molecule is CCS(=O)CCNC(=O)COc1ccccc1C#N. The molecular formula is C13H16N2O3S. The first-order chi connectivity index (χ1) is 9.17. The van der Waals surface area contributed by atoms with Gasteiger partial charge in [0, 0.05) is 28.9 Å². The number of carbonyl (C=O) groups is 1. The van der Waals surface area contributed by atoms with Gasteiger partial charge in [0.05, 0.1) is 5.56 Å². The quantitative estimate of drug-likeness (QED) is 0.802. The molecule has 0 bridgehead atoms. The van der Waals surface area contributed by atoms with Gasteiger partial charge in [-0.25, -0.2) is 0 Å². The molecule has 1 unspecified atom stereocenters. The van der Waals surface area contributed by atoms with Gasteiger partial charge in [0.15, 0.2) is 6.61 Å². The fraction of sp³-hybridized carbons (Fsp3) is 0.385. The summed E-state index contributed by atoms with van der Waals surface area (Å²) in [6.45, 7) is 2.04. The molecule has 1 atom stereocenters. The van der Waals surface area contributed by atoms with Crippen LogP contribution >= 0.6 is 0 Å². The summed E-state index contributed by atoms with van der Waals surface area (Å²) < 4.78 is 16.4. The Morgan fingerprint density at radius 1 is 1.47 bits per heavy atom. The van der Waals surface area contributed by atoms with Crippen LogP contribution in [0.15, 0.2) is 24.3 Å². The first kappa shape index (κ1) is 15.2. The molecule has 0 spiro atoms. The molecule has 5 nitrogen and oxygen atoms in total. The van der Waals surface area contributed by atoms with Gasteiger partial charge in [0.1, 0.15) is 11.8 Å². The molecule has 1 N–H and O–H groups in total. The zero-order valence-corrected chi connectivity index (χ0v) is 11.5. The van der Waals surface area contributed by atoms with Crippen molar-refractivity contribution in [1.82, 2.24) is 5.32 Å². The summed E-state index contributed by atoms with van der Waals surface area (Å²) in [6, 6.07) is 8.71. The first-order valence-corrected chi connectivity index (χ1v) is 7.39. The normalized spacial score (nSPS) is 11.4. The monoisotopic (exact) mass is 280 g/mol. The Bertz CT molecular complexity index is 497. The first-order valence-electron chi connectivity index (χ1n) is 5.91. The number of amides is 1. The van der Waals surface area contributed by atoms with E-state index in [4.69, 9.17) is 10.00 Å². The molecule has 1 aromatic carbocycles. The van der Waals surface area contributed by atoms with Crippen molar-refractivity contribution < 1.29 is 13.7 Å². The summed E-state index contributed by atoms with van der Waals surface area (Å²) in [6.07, 6.45) is 0. The highest BCUT2D eigenvalue weighted by atomic mass is 32.2. The number of para-hydroxylation sites is 1. The van der Waals surface area contributed by atoms with Gasteiger partial charge in [-0.3, -0.25) is 9.00 Å². The third kappa shape index (κ3) is 5.53. The molecule has 1 rings (SSSR count). The van der Waals surface area contributed by atoms with Gasteiger partial charge >= 0.3 is 0 Å². The average Bonchev–Trinajstić information content (AvgIpc) is 2.45. The summed E-state index contributed by atoms with van der Waals surface area (Å²) >= 11 is 0. The summed E-state index contributed by atoms with van der Waals surface area (Å²) in [5.41, 5.74) is 0.391. The predicted molar refractivity (Wildman–Crippen MR) is 73.2 cm³/mol. The summed E-state index contributed by atoms with van der Waals surface area (Å²) in [7, 11) is -0.887. The molecule has 0 saturated carbocycles. The molecule has 1 amide bonds. The highest BCUT2D eigenvalue weighted by molar-refractivity contribution is 7.84. The second-order valence-electron chi connectivity index (χ2n) is 3.68. The van der Waals surface area contributed by atoms with Crippen LogP contribution in [0.25, 0.3) is 0 Å². The molecule has 1 aromatic rings. The number of hydrogen-bond donors (Lipinski definition) is 1. The number of nitriles is 1. The molecular weight excluding hydrogens is 264 g/mol. The van der Waals surface area contributed by atoms with Gasteiger partial charge in [-0.05, 0) is 12.1 Å². The van der Waals surface area contributed by atoms with E-state index in [9.17, 15) is 9.00 Å². The number of nitrogens with one attached hydrogen (secondary N) is 1. The minimum absolute atomic E-state index is 0.155. The Labute approximate surface area is 115 Å². The van der Waals surface area contributed by atoms with Crippen LogP contribution in [-0.2, 0) is 15.6 Å². The standard InChI is InChI=1S/C13H16N2O3S/c1-2-19(17)8-7-15-13(16)10-18-12-6-4-3-5-11(12)9-14/h3-6H,2,7-8,10H2,1H3,(H,15,16). The Balaban J connectivity index is 2.34. The van der Waals surface area contributed by atoms with E-state index in [2.05, 4.69) is 5.32 Å². The van der Waals surface area contributed by atoms with Crippen molar-refractivity contribution >= 4 is 16.7 Å². The van der Waals surface area contributed by atoms with E-state index >= 15 is 0 Å². The van der Waals surface area contributed by atoms with E-state index in [0.29, 0.717) is 29.4 Å². The molecule has 19 heavy (non-hydrogen) atoms. The number of ether oxygens (including phenoxy) is 1. The molecule has 0 aliphatic heterocycles. The lowest BCUT2D eigenvalue weighted by Gasteiger charge is -2.08. The van der Waals surface area contributed by atoms with E-state index < -0.39 is 10.8 Å². The van der Waals surface area contributed by atoms with Gasteiger partial charge in [-0.2, -0.15) is 5.26 Å². The minimum atomic E-state index is -0.887. The van der Waals surface area contributed by atoms with Crippen LogP contribution in [0.4, 0.5) is 0 Å². The maximum Gasteiger partial charge on any atom is 0.257 e. The Morgan fingerprint density at radius 3 is 2.89 bits per heavy atom. The lowest BCUT2D eigenvalue weighted by Crippen LogP contribution is -2.32. The molecule has 0 fully saturated rings. The maximum atomic E-state index is 11.5. The third-order valence-electron chi connectivity index (χ3n) is 2.34. The highest BCUT2D eigenvalue weighted by Gasteiger charge is 2.06. The Kier molecular flexibility index (Phi) is 6.61. The predicted octanol–water partition coefficient (Wildman–Crippen LogP) is 0.822. The number of nitrogens with zero attached hydrogens (tertiary/aromatic N) is 1. The van der Waals surface area contributed by atoms with Crippen molar-refractivity contribution in [1.29, 1.82) is 5.26 Å². The second-order valence-corrected chi connectivity index (χ2v) is 5.54. The van der Waals surface area contributed by atoms with Gasteiger partial charge in [0.2, 0.25) is 0 Å². The van der Waals surface area contributed by atoms with E-state index in [-0.39, 0.29) is 12.5 Å². The van der Waals surface area contributed by atoms with Crippen LogP contribution in [0.3, 0.4) is 0 Å². The van der Waals surface area contributed by atoms with Gasteiger partial charge in [-0.1, -0.05) is 19.1 Å². The minimum Gasteiger partial charge on any atom is -0.482 e. The summed E-state index contributed by atoms with van der Waals surface area (Å²) in [5, 5.41) is 11.5. The zero-order valence-electron chi connectivity index (χ0n) is 10.7. The number of benzene rings is 1. The van der Waals surface area contributed by atoms with Gasteiger partial charge in [-0.15, -0.1) is 0 Å². The topological polar surface area (TPSA) is 79.2 Å². The van der Waals surface area contributed by atoms with E-state index in [1.54, 1.807) is 24.3 Å². The Morgan fingerprint density at radius 2 is 2.21 bits per heavy atom. The number of carbonyl (C=O) groups excluding carboxylic acids is 1. The number of hydrogen-bond acceptors (Lipinski definition) is 4. The summed E-state index contributed by atoms with van der Waals surface area (Å²) in [4.78, 5) is 11.5. The smallest absolute Gasteiger partial charge is 0.257 e. The molecule has 0 aliphatic carbocycles. The van der Waals surface area contributed by atoms with Gasteiger partial charge < -0.3 is 10.1 Å². The van der Waals surface area contributed by atoms with Crippen molar-refractivity contribution in [3.05, 3.63) is 29.8 Å². The molecule has 0 radical (unpaired) electrons. The van der Waals surface area contributed by atoms with E-state index in [1.165, 1.54) is 0 Å². The van der Waals surface area contributed by atoms with Crippen LogP contribution in [0, 0.1) is 11.3 Å². The molecule has 0 aliphatic rings. The van der Waals surface area contributed by atoms with Crippen LogP contribution in [0.2, 0.25) is 0 Å². The van der Waals surface area contributed by atoms with Crippen molar-refractivity contribution in [3.8, 4) is 11.8 Å². The summed E-state index contributed by atoms with van der Waals surface area (Å²) in [5.74, 6) is 1.12. The largest absolute Gasteiger partial charge is 0.482 e. The second kappa shape index (κ2) is 8.27. The number of rotatable bonds is 7. The van der Waals surface area contributed by atoms with Crippen molar-refractivity contribution in [2.75, 3.05) is 24.7 Å². The average molecular weight is 280 g/mol. The molecule has 0 heterocycles. The van der Waals surface area contributed by atoms with Crippen LogP contribution in [0.1, 0.15) is 12.5 Å². The lowest BCUT2D eigenvalue weighted by molar-refractivity contribution is -0.122. The van der Waals surface area contributed by atoms with Gasteiger partial charge in [0.25, 0.3) is 5.91 Å². The highest BCUT2D eigenvalue weighted by Crippen LogP contribution is 2.15. The van der Waals surface area contributed by atoms with Crippen LogP contribution < -0.4 is 10.1 Å². The van der Waals surface area contributed by atoms with Crippen molar-refractivity contribution in [2.24, 2.45) is 0 Å².